The van der Waals surface area contributed by atoms with Crippen molar-refractivity contribution >= 4 is 33.6 Å². The highest BCUT2D eigenvalue weighted by atomic mass is 32.2. The van der Waals surface area contributed by atoms with Crippen LogP contribution in [0.2, 0.25) is 0 Å². The number of rotatable bonds is 2. The van der Waals surface area contributed by atoms with Gasteiger partial charge in [0.1, 0.15) is 11.2 Å². The molecule has 1 fully saturated rings. The Morgan fingerprint density at radius 1 is 1.42 bits per heavy atom. The first kappa shape index (κ1) is 12.2. The van der Waals surface area contributed by atoms with Crippen LogP contribution in [0.25, 0.3) is 0 Å². The number of amides is 1. The standard InChI is InChI=1S/C12H13N3O3S/c1-8(16)14-9-2-5-11-12(6-9)19(17,18)13-7-15(11)10-3-4-10/h2,5-7,10H,3-4H2,1H3,(H,14,16). The lowest BCUT2D eigenvalue weighted by Gasteiger charge is -2.25. The highest BCUT2D eigenvalue weighted by Gasteiger charge is 2.35. The van der Waals surface area contributed by atoms with Crippen LogP contribution in [0.3, 0.4) is 0 Å². The first-order valence-corrected chi connectivity index (χ1v) is 7.42. The molecular weight excluding hydrogens is 266 g/mol. The lowest BCUT2D eigenvalue weighted by atomic mass is 10.2. The average molecular weight is 279 g/mol. The van der Waals surface area contributed by atoms with E-state index in [-0.39, 0.29) is 10.8 Å². The van der Waals surface area contributed by atoms with Gasteiger partial charge in [0.15, 0.2) is 0 Å². The highest BCUT2D eigenvalue weighted by molar-refractivity contribution is 7.90. The molecule has 0 unspecified atom stereocenters. The predicted octanol–water partition coefficient (Wildman–Crippen LogP) is 1.34. The van der Waals surface area contributed by atoms with Crippen molar-refractivity contribution in [3.05, 3.63) is 18.2 Å². The molecule has 0 spiro atoms. The molecule has 1 aliphatic carbocycles. The minimum absolute atomic E-state index is 0.146. The summed E-state index contributed by atoms with van der Waals surface area (Å²) in [6.45, 7) is 1.38. The van der Waals surface area contributed by atoms with Gasteiger partial charge in [-0.15, -0.1) is 4.40 Å². The van der Waals surface area contributed by atoms with Crippen molar-refractivity contribution in [2.45, 2.75) is 30.7 Å². The molecule has 7 heteroatoms. The van der Waals surface area contributed by atoms with Gasteiger partial charge in [0.05, 0.1) is 5.69 Å². The summed E-state index contributed by atoms with van der Waals surface area (Å²) in [4.78, 5) is 13.1. The van der Waals surface area contributed by atoms with E-state index >= 15 is 0 Å². The fraction of sp³-hybridized carbons (Fsp3) is 0.333. The van der Waals surface area contributed by atoms with Crippen LogP contribution in [0.15, 0.2) is 27.5 Å². The topological polar surface area (TPSA) is 78.8 Å². The van der Waals surface area contributed by atoms with Crippen LogP contribution < -0.4 is 10.2 Å². The summed E-state index contributed by atoms with van der Waals surface area (Å²) in [5.74, 6) is -0.240. The van der Waals surface area contributed by atoms with Crippen molar-refractivity contribution < 1.29 is 13.2 Å². The molecular formula is C12H13N3O3S. The molecule has 1 heterocycles. The number of benzene rings is 1. The van der Waals surface area contributed by atoms with Gasteiger partial charge in [0.2, 0.25) is 5.91 Å². The van der Waals surface area contributed by atoms with Gasteiger partial charge in [-0.1, -0.05) is 0 Å². The predicted molar refractivity (Wildman–Crippen MR) is 71.9 cm³/mol. The summed E-state index contributed by atoms with van der Waals surface area (Å²) in [5, 5.41) is 2.58. The SMILES string of the molecule is CC(=O)Nc1ccc2c(c1)S(=O)(=O)N=CN2C1CC1. The van der Waals surface area contributed by atoms with Crippen LogP contribution in [0.5, 0.6) is 0 Å². The molecule has 1 N–H and O–H groups in total. The van der Waals surface area contributed by atoms with E-state index in [1.807, 2.05) is 4.90 Å². The zero-order valence-electron chi connectivity index (χ0n) is 10.3. The first-order chi connectivity index (χ1) is 8.97. The van der Waals surface area contributed by atoms with E-state index in [1.54, 1.807) is 12.1 Å². The van der Waals surface area contributed by atoms with Gasteiger partial charge in [-0.25, -0.2) is 0 Å². The number of fused-ring (bicyclic) bond motifs is 1. The Bertz CT molecular complexity index is 677. The number of carbonyl (C=O) groups excluding carboxylic acids is 1. The lowest BCUT2D eigenvalue weighted by Crippen LogP contribution is -2.29. The summed E-state index contributed by atoms with van der Waals surface area (Å²) in [5.41, 5.74) is 1.09. The van der Waals surface area contributed by atoms with Crippen LogP contribution in [0, 0.1) is 0 Å². The van der Waals surface area contributed by atoms with Crippen molar-refractivity contribution in [1.29, 1.82) is 0 Å². The van der Waals surface area contributed by atoms with Gasteiger partial charge < -0.3 is 10.2 Å². The number of hydrogen-bond donors (Lipinski definition) is 1. The number of nitrogens with zero attached hydrogens (tertiary/aromatic N) is 2. The molecule has 1 aliphatic heterocycles. The second-order valence-electron chi connectivity index (χ2n) is 4.70. The van der Waals surface area contributed by atoms with Crippen LogP contribution in [-0.2, 0) is 14.8 Å². The molecule has 0 saturated heterocycles. The van der Waals surface area contributed by atoms with Gasteiger partial charge in [0, 0.05) is 18.7 Å². The van der Waals surface area contributed by atoms with Gasteiger partial charge >= 0.3 is 0 Å². The quantitative estimate of drug-likeness (QED) is 0.886. The third-order valence-electron chi connectivity index (χ3n) is 3.09. The molecule has 0 aromatic heterocycles. The molecule has 100 valence electrons. The van der Waals surface area contributed by atoms with Crippen LogP contribution in [-0.4, -0.2) is 26.7 Å². The van der Waals surface area contributed by atoms with Crippen LogP contribution in [0.1, 0.15) is 19.8 Å². The third-order valence-corrected chi connectivity index (χ3v) is 4.34. The number of carbonyl (C=O) groups is 1. The maximum atomic E-state index is 12.0. The normalized spacial score (nSPS) is 19.9. The van der Waals surface area contributed by atoms with Crippen molar-refractivity contribution in [3.63, 3.8) is 0 Å². The monoisotopic (exact) mass is 279 g/mol. The zero-order chi connectivity index (χ0) is 13.6. The molecule has 19 heavy (non-hydrogen) atoms. The van der Waals surface area contributed by atoms with E-state index in [2.05, 4.69) is 9.71 Å². The molecule has 0 bridgehead atoms. The van der Waals surface area contributed by atoms with Gasteiger partial charge in [-0.2, -0.15) is 8.42 Å². The molecule has 2 aliphatic rings. The lowest BCUT2D eigenvalue weighted by molar-refractivity contribution is -0.114. The molecule has 1 saturated carbocycles. The maximum absolute atomic E-state index is 12.0. The average Bonchev–Trinajstić information content (AvgIpc) is 3.13. The van der Waals surface area contributed by atoms with E-state index in [1.165, 1.54) is 19.3 Å². The number of nitrogens with one attached hydrogen (secondary N) is 1. The summed E-state index contributed by atoms with van der Waals surface area (Å²) in [7, 11) is -3.66. The number of hydrogen-bond acceptors (Lipinski definition) is 4. The summed E-state index contributed by atoms with van der Waals surface area (Å²) >= 11 is 0. The Kier molecular flexibility index (Phi) is 2.60. The number of sulfonamides is 1. The molecule has 3 rings (SSSR count). The van der Waals surface area contributed by atoms with Gasteiger partial charge in [0.25, 0.3) is 10.0 Å². The third kappa shape index (κ3) is 2.21. The molecule has 6 nitrogen and oxygen atoms in total. The summed E-state index contributed by atoms with van der Waals surface area (Å²) < 4.78 is 27.6. The van der Waals surface area contributed by atoms with Crippen LogP contribution in [0.4, 0.5) is 11.4 Å². The highest BCUT2D eigenvalue weighted by Crippen LogP contribution is 2.38. The molecule has 1 aromatic rings. The molecule has 0 radical (unpaired) electrons. The Balaban J connectivity index is 2.08. The van der Waals surface area contributed by atoms with E-state index < -0.39 is 10.0 Å². The van der Waals surface area contributed by atoms with E-state index in [0.717, 1.165) is 12.8 Å². The molecule has 1 amide bonds. The molecule has 0 atom stereocenters. The largest absolute Gasteiger partial charge is 0.327 e. The molecule has 1 aromatic carbocycles. The van der Waals surface area contributed by atoms with Crippen molar-refractivity contribution in [2.75, 3.05) is 10.2 Å². The van der Waals surface area contributed by atoms with Crippen molar-refractivity contribution in [3.8, 4) is 0 Å². The first-order valence-electron chi connectivity index (χ1n) is 5.98. The Hall–Kier alpha value is -1.89. The van der Waals surface area contributed by atoms with E-state index in [0.29, 0.717) is 17.4 Å². The van der Waals surface area contributed by atoms with E-state index in [9.17, 15) is 13.2 Å². The Morgan fingerprint density at radius 3 is 2.79 bits per heavy atom. The fourth-order valence-electron chi connectivity index (χ4n) is 2.09. The summed E-state index contributed by atoms with van der Waals surface area (Å²) in [6, 6.07) is 5.20. The smallest absolute Gasteiger partial charge is 0.285 e. The van der Waals surface area contributed by atoms with Gasteiger partial charge in [-0.05, 0) is 31.0 Å². The number of anilines is 2. The van der Waals surface area contributed by atoms with Gasteiger partial charge in [-0.3, -0.25) is 4.79 Å². The summed E-state index contributed by atoms with van der Waals surface area (Å²) in [6.07, 6.45) is 3.46. The van der Waals surface area contributed by atoms with Crippen LogP contribution >= 0.6 is 0 Å². The Labute approximate surface area is 111 Å². The van der Waals surface area contributed by atoms with E-state index in [4.69, 9.17) is 0 Å². The maximum Gasteiger partial charge on any atom is 0.285 e. The fourth-order valence-corrected chi connectivity index (χ4v) is 3.14. The van der Waals surface area contributed by atoms with Crippen molar-refractivity contribution in [2.24, 2.45) is 4.40 Å². The second kappa shape index (κ2) is 4.06. The second-order valence-corrected chi connectivity index (χ2v) is 6.30. The zero-order valence-corrected chi connectivity index (χ0v) is 11.1. The van der Waals surface area contributed by atoms with Crippen molar-refractivity contribution in [1.82, 2.24) is 0 Å². The minimum Gasteiger partial charge on any atom is -0.327 e. The minimum atomic E-state index is -3.66. The Morgan fingerprint density at radius 2 is 2.16 bits per heavy atom.